The molecule has 1 aliphatic rings. The Hall–Kier alpha value is -1.72. The maximum Gasteiger partial charge on any atom is 0.397 e. The van der Waals surface area contributed by atoms with Crippen LogP contribution in [0.25, 0.3) is 0 Å². The van der Waals surface area contributed by atoms with Crippen molar-refractivity contribution in [2.24, 2.45) is 0 Å². The Morgan fingerprint density at radius 2 is 1.00 bits per heavy atom. The van der Waals surface area contributed by atoms with Gasteiger partial charge in [0.2, 0.25) is 5.91 Å². The molecule has 8 unspecified atom stereocenters. The molecule has 0 aromatic carbocycles. The molecule has 1 aliphatic heterocycles. The zero-order chi connectivity index (χ0) is 49.9. The average molecular weight is 988 g/mol. The molecule has 0 aromatic rings. The first-order chi connectivity index (χ1) is 32.9. The lowest BCUT2D eigenvalue weighted by atomic mass is 9.99. The first-order valence-corrected chi connectivity index (χ1v) is 28.9. The van der Waals surface area contributed by atoms with E-state index in [1.165, 1.54) is 148 Å². The maximum absolute atomic E-state index is 13.2. The SMILES string of the molecule is CCCCC/C=C\C=C/CCCCCCCCCCCC(O)C(=O)NC(COC1OC(CO)C(O)C(OS(=O)(=O)O)C1O)C(O)/C=C/CCCCCCCCCCCCCCCCCCCCC. The highest BCUT2D eigenvalue weighted by Crippen LogP contribution is 2.26. The van der Waals surface area contributed by atoms with Crippen molar-refractivity contribution < 1.29 is 57.0 Å². The van der Waals surface area contributed by atoms with Gasteiger partial charge >= 0.3 is 10.4 Å². The van der Waals surface area contributed by atoms with Gasteiger partial charge in [0, 0.05) is 0 Å². The Labute approximate surface area is 414 Å². The van der Waals surface area contributed by atoms with Crippen LogP contribution in [-0.4, -0.2) is 107 Å². The van der Waals surface area contributed by atoms with Gasteiger partial charge in [0.1, 0.15) is 30.5 Å². The normalized spacial score (nSPS) is 20.5. The molecule has 1 heterocycles. The Balaban J connectivity index is 2.48. The largest absolute Gasteiger partial charge is 0.397 e. The molecule has 0 spiro atoms. The third-order valence-corrected chi connectivity index (χ3v) is 13.5. The summed E-state index contributed by atoms with van der Waals surface area (Å²) < 4.78 is 47.7. The number of rotatable bonds is 47. The number of amides is 1. The summed E-state index contributed by atoms with van der Waals surface area (Å²) in [6.45, 7) is 3.22. The van der Waals surface area contributed by atoms with Crippen molar-refractivity contribution in [1.82, 2.24) is 5.32 Å². The lowest BCUT2D eigenvalue weighted by Gasteiger charge is -2.41. The van der Waals surface area contributed by atoms with Gasteiger partial charge < -0.3 is 40.3 Å². The van der Waals surface area contributed by atoms with E-state index in [1.807, 2.05) is 6.08 Å². The van der Waals surface area contributed by atoms with E-state index in [4.69, 9.17) is 9.47 Å². The number of allylic oxidation sites excluding steroid dienone is 5. The van der Waals surface area contributed by atoms with Gasteiger partial charge in [-0.15, -0.1) is 0 Å². The van der Waals surface area contributed by atoms with Gasteiger partial charge in [0.25, 0.3) is 0 Å². The number of carbonyl (C=O) groups is 1. The Morgan fingerprint density at radius 3 is 1.44 bits per heavy atom. The quantitative estimate of drug-likeness (QED) is 0.0131. The molecule has 1 rings (SSSR count). The fourth-order valence-corrected chi connectivity index (χ4v) is 9.20. The third-order valence-electron chi connectivity index (χ3n) is 13.1. The van der Waals surface area contributed by atoms with Crippen LogP contribution in [0, 0.1) is 0 Å². The molecule has 1 fully saturated rings. The molecule has 0 radical (unpaired) electrons. The van der Waals surface area contributed by atoms with Crippen molar-refractivity contribution in [3.63, 3.8) is 0 Å². The van der Waals surface area contributed by atoms with Crippen molar-refractivity contribution >= 4 is 16.3 Å². The molecule has 1 saturated heterocycles. The monoisotopic (exact) mass is 988 g/mol. The second-order valence-electron chi connectivity index (χ2n) is 19.3. The van der Waals surface area contributed by atoms with Crippen LogP contribution in [0.15, 0.2) is 36.5 Å². The number of hydrogen-bond acceptors (Lipinski definition) is 11. The van der Waals surface area contributed by atoms with E-state index in [0.717, 1.165) is 57.8 Å². The lowest BCUT2D eigenvalue weighted by molar-refractivity contribution is -0.298. The molecule has 1 amide bonds. The Morgan fingerprint density at radius 1 is 0.603 bits per heavy atom. The Kier molecular flexibility index (Phi) is 41.6. The fourth-order valence-electron chi connectivity index (χ4n) is 8.69. The Bertz CT molecular complexity index is 1360. The average Bonchev–Trinajstić information content (AvgIpc) is 3.31. The first kappa shape index (κ1) is 64.3. The summed E-state index contributed by atoms with van der Waals surface area (Å²) in [5, 5.41) is 55.5. The van der Waals surface area contributed by atoms with Crippen molar-refractivity contribution in [1.29, 1.82) is 0 Å². The van der Waals surface area contributed by atoms with Gasteiger partial charge in [-0.1, -0.05) is 230 Å². The predicted molar refractivity (Wildman–Crippen MR) is 274 cm³/mol. The molecule has 0 saturated carbocycles. The van der Waals surface area contributed by atoms with E-state index in [-0.39, 0.29) is 6.42 Å². The van der Waals surface area contributed by atoms with Gasteiger partial charge in [0.05, 0.1) is 25.4 Å². The molecule has 8 atom stereocenters. The summed E-state index contributed by atoms with van der Waals surface area (Å²) in [6, 6.07) is -1.12. The smallest absolute Gasteiger partial charge is 0.394 e. The van der Waals surface area contributed by atoms with Crippen LogP contribution in [0.2, 0.25) is 0 Å². The number of aliphatic hydroxyl groups excluding tert-OH is 5. The number of ether oxygens (including phenoxy) is 2. The predicted octanol–water partition coefficient (Wildman–Crippen LogP) is 11.2. The highest BCUT2D eigenvalue weighted by atomic mass is 32.3. The van der Waals surface area contributed by atoms with Crippen molar-refractivity contribution in [2.45, 2.75) is 288 Å². The lowest BCUT2D eigenvalue weighted by Crippen LogP contribution is -2.61. The second kappa shape index (κ2) is 44.0. The molecule has 0 aromatic heterocycles. The number of carbonyl (C=O) groups excluding carboxylic acids is 1. The molecule has 14 heteroatoms. The molecule has 13 nitrogen and oxygen atoms in total. The first-order valence-electron chi connectivity index (χ1n) is 27.5. The zero-order valence-electron chi connectivity index (χ0n) is 42.8. The summed E-state index contributed by atoms with van der Waals surface area (Å²) >= 11 is 0. The summed E-state index contributed by atoms with van der Waals surface area (Å²) in [6.07, 6.45) is 42.1. The van der Waals surface area contributed by atoms with Gasteiger partial charge in [-0.2, -0.15) is 8.42 Å². The maximum atomic E-state index is 13.2. The summed E-state index contributed by atoms with van der Waals surface area (Å²) in [4.78, 5) is 13.2. The molecule has 7 N–H and O–H groups in total. The topological polar surface area (TPSA) is 212 Å². The fraction of sp³-hybridized carbons (Fsp3) is 0.870. The van der Waals surface area contributed by atoms with E-state index in [0.29, 0.717) is 12.8 Å². The van der Waals surface area contributed by atoms with E-state index in [1.54, 1.807) is 6.08 Å². The molecule has 400 valence electrons. The molecule has 68 heavy (non-hydrogen) atoms. The van der Waals surface area contributed by atoms with E-state index < -0.39 is 78.5 Å². The van der Waals surface area contributed by atoms with Crippen LogP contribution in [0.1, 0.15) is 239 Å². The van der Waals surface area contributed by atoms with Crippen LogP contribution in [0.3, 0.4) is 0 Å². The van der Waals surface area contributed by atoms with Crippen LogP contribution in [0.5, 0.6) is 0 Å². The number of hydrogen-bond donors (Lipinski definition) is 7. The van der Waals surface area contributed by atoms with Crippen LogP contribution >= 0.6 is 0 Å². The molecule has 0 bridgehead atoms. The minimum absolute atomic E-state index is 0.237. The van der Waals surface area contributed by atoms with Crippen molar-refractivity contribution in [3.05, 3.63) is 36.5 Å². The molecular formula is C54H101NO12S. The van der Waals surface area contributed by atoms with Gasteiger partial charge in [-0.3, -0.25) is 9.35 Å². The summed E-state index contributed by atoms with van der Waals surface area (Å²) in [7, 11) is -5.12. The minimum Gasteiger partial charge on any atom is -0.394 e. The number of nitrogens with one attached hydrogen (secondary N) is 1. The van der Waals surface area contributed by atoms with E-state index in [9.17, 15) is 43.3 Å². The van der Waals surface area contributed by atoms with Gasteiger partial charge in [-0.05, 0) is 44.9 Å². The summed E-state index contributed by atoms with van der Waals surface area (Å²) in [5.41, 5.74) is 0. The molecular weight excluding hydrogens is 887 g/mol. The van der Waals surface area contributed by atoms with E-state index in [2.05, 4.69) is 47.7 Å². The van der Waals surface area contributed by atoms with Gasteiger partial charge in [0.15, 0.2) is 6.29 Å². The van der Waals surface area contributed by atoms with Crippen LogP contribution in [0.4, 0.5) is 0 Å². The zero-order valence-corrected chi connectivity index (χ0v) is 43.6. The van der Waals surface area contributed by atoms with Crippen LogP contribution in [-0.2, 0) is 28.9 Å². The minimum atomic E-state index is -5.12. The standard InChI is InChI=1S/C54H101NO12S/c1-3-5-7-9-11-13-15-17-19-21-23-24-25-27-28-30-32-34-36-38-40-42-47(57)46(45-65-54-51(60)52(67-68(62,63)64)50(59)49(44-56)66-54)55-53(61)48(58)43-41-39-37-35-33-31-29-26-22-20-18-16-14-12-10-8-6-4-2/h12,14,16,18,40,42,46-52,54,56-60H,3-11,13,15,17,19-39,41,43-45H2,1-2H3,(H,55,61)(H,62,63,64)/b14-12-,18-16-,42-40+. The van der Waals surface area contributed by atoms with E-state index >= 15 is 0 Å². The summed E-state index contributed by atoms with van der Waals surface area (Å²) in [5.74, 6) is -0.705. The van der Waals surface area contributed by atoms with Crippen molar-refractivity contribution in [3.8, 4) is 0 Å². The highest BCUT2D eigenvalue weighted by molar-refractivity contribution is 7.80. The number of unbranched alkanes of at least 4 members (excludes halogenated alkanes) is 31. The molecule has 0 aliphatic carbocycles. The highest BCUT2D eigenvalue weighted by Gasteiger charge is 2.48. The third kappa shape index (κ3) is 35.4. The van der Waals surface area contributed by atoms with Gasteiger partial charge in [-0.25, -0.2) is 4.18 Å². The van der Waals surface area contributed by atoms with Crippen molar-refractivity contribution in [2.75, 3.05) is 13.2 Å². The van der Waals surface area contributed by atoms with Crippen LogP contribution < -0.4 is 5.32 Å². The second-order valence-corrected chi connectivity index (χ2v) is 20.4. The number of aliphatic hydroxyl groups is 5.